The number of aryl methyl sites for hydroxylation is 1. The van der Waals surface area contributed by atoms with Crippen LogP contribution >= 0.6 is 11.6 Å². The average Bonchev–Trinajstić information content (AvgIpc) is 2.60. The highest BCUT2D eigenvalue weighted by molar-refractivity contribution is 7.92. The lowest BCUT2D eigenvalue weighted by Crippen LogP contribution is -2.37. The minimum Gasteiger partial charge on any atom is -0.462 e. The van der Waals surface area contributed by atoms with Gasteiger partial charge in [-0.1, -0.05) is 29.3 Å². The molecule has 0 N–H and O–H groups in total. The van der Waals surface area contributed by atoms with Crippen molar-refractivity contribution in [2.75, 3.05) is 10.8 Å². The molecule has 8 nitrogen and oxygen atoms in total. The van der Waals surface area contributed by atoms with Gasteiger partial charge in [-0.3, -0.25) is 19.2 Å². The van der Waals surface area contributed by atoms with Crippen LogP contribution in [0, 0.1) is 17.0 Å². The Morgan fingerprint density at radius 1 is 1.21 bits per heavy atom. The molecule has 0 aliphatic heterocycles. The molecule has 150 valence electrons. The third-order valence-corrected chi connectivity index (χ3v) is 5.75. The number of hydrogen-bond donors (Lipinski definition) is 0. The molecule has 2 aromatic carbocycles. The van der Waals surface area contributed by atoms with Crippen molar-refractivity contribution in [3.05, 3.63) is 63.2 Å². The number of hydrogen-bond acceptors (Lipinski definition) is 6. The summed E-state index contributed by atoms with van der Waals surface area (Å²) in [5.74, 6) is -0.812. The van der Waals surface area contributed by atoms with E-state index in [1.165, 1.54) is 18.2 Å². The maximum atomic E-state index is 13.2. The summed E-state index contributed by atoms with van der Waals surface area (Å²) in [4.78, 5) is 22.5. The SMILES string of the molecule is Cc1ccc(S(=O)(=O)N(CC(=O)OC(C)C)c2cc([N+](=O)[O-])ccc2Cl)cc1. The van der Waals surface area contributed by atoms with Crippen molar-refractivity contribution < 1.29 is 22.9 Å². The van der Waals surface area contributed by atoms with Gasteiger partial charge in [0.05, 0.1) is 26.6 Å². The minimum absolute atomic E-state index is 0.0568. The maximum absolute atomic E-state index is 13.2. The predicted octanol–water partition coefficient (Wildman–Crippen LogP) is 3.70. The molecular formula is C18H19ClN2O6S. The van der Waals surface area contributed by atoms with Crippen LogP contribution in [0.1, 0.15) is 19.4 Å². The van der Waals surface area contributed by atoms with Gasteiger partial charge in [0.1, 0.15) is 6.54 Å². The molecule has 2 aromatic rings. The number of nitro benzene ring substituents is 1. The molecule has 0 saturated heterocycles. The summed E-state index contributed by atoms with van der Waals surface area (Å²) in [6.45, 7) is 4.36. The van der Waals surface area contributed by atoms with Gasteiger partial charge in [0.15, 0.2) is 0 Å². The van der Waals surface area contributed by atoms with Crippen LogP contribution in [0.2, 0.25) is 5.02 Å². The van der Waals surface area contributed by atoms with E-state index in [2.05, 4.69) is 0 Å². The van der Waals surface area contributed by atoms with Crippen LogP contribution in [0.3, 0.4) is 0 Å². The van der Waals surface area contributed by atoms with Crippen molar-refractivity contribution in [2.45, 2.75) is 31.8 Å². The van der Waals surface area contributed by atoms with E-state index >= 15 is 0 Å². The van der Waals surface area contributed by atoms with Gasteiger partial charge in [0, 0.05) is 12.1 Å². The van der Waals surface area contributed by atoms with Crippen LogP contribution in [-0.4, -0.2) is 32.0 Å². The van der Waals surface area contributed by atoms with Crippen molar-refractivity contribution in [2.24, 2.45) is 0 Å². The lowest BCUT2D eigenvalue weighted by atomic mass is 10.2. The topological polar surface area (TPSA) is 107 Å². The number of esters is 1. The molecule has 2 rings (SSSR count). The molecule has 0 heterocycles. The normalized spacial score (nSPS) is 11.3. The summed E-state index contributed by atoms with van der Waals surface area (Å²) in [5.41, 5.74) is 0.302. The van der Waals surface area contributed by atoms with Gasteiger partial charge in [0.25, 0.3) is 15.7 Å². The average molecular weight is 427 g/mol. The van der Waals surface area contributed by atoms with Gasteiger partial charge in [-0.15, -0.1) is 0 Å². The second-order valence-electron chi connectivity index (χ2n) is 6.26. The molecule has 28 heavy (non-hydrogen) atoms. The molecule has 0 radical (unpaired) electrons. The summed E-state index contributed by atoms with van der Waals surface area (Å²) in [5, 5.41) is 11.1. The van der Waals surface area contributed by atoms with E-state index in [4.69, 9.17) is 16.3 Å². The number of non-ortho nitro benzene ring substituents is 1. The van der Waals surface area contributed by atoms with Crippen LogP contribution in [0.15, 0.2) is 47.4 Å². The predicted molar refractivity (Wildman–Crippen MR) is 105 cm³/mol. The Morgan fingerprint density at radius 3 is 2.36 bits per heavy atom. The van der Waals surface area contributed by atoms with Crippen LogP contribution in [-0.2, 0) is 19.6 Å². The molecule has 0 aliphatic rings. The van der Waals surface area contributed by atoms with Gasteiger partial charge in [-0.25, -0.2) is 8.42 Å². The first-order valence-corrected chi connectivity index (χ1v) is 10.1. The monoisotopic (exact) mass is 426 g/mol. The first-order valence-electron chi connectivity index (χ1n) is 8.25. The van der Waals surface area contributed by atoms with Gasteiger partial charge < -0.3 is 4.74 Å². The number of benzene rings is 2. The van der Waals surface area contributed by atoms with Crippen molar-refractivity contribution in [1.29, 1.82) is 0 Å². The molecule has 0 atom stereocenters. The molecule has 0 aromatic heterocycles. The number of sulfonamides is 1. The van der Waals surface area contributed by atoms with E-state index < -0.39 is 33.6 Å². The van der Waals surface area contributed by atoms with Crippen molar-refractivity contribution >= 4 is 39.0 Å². The highest BCUT2D eigenvalue weighted by Gasteiger charge is 2.30. The molecule has 0 unspecified atom stereocenters. The zero-order chi connectivity index (χ0) is 21.1. The van der Waals surface area contributed by atoms with E-state index in [0.717, 1.165) is 22.0 Å². The largest absolute Gasteiger partial charge is 0.462 e. The second kappa shape index (κ2) is 8.57. The second-order valence-corrected chi connectivity index (χ2v) is 8.53. The van der Waals surface area contributed by atoms with Crippen molar-refractivity contribution in [1.82, 2.24) is 0 Å². The summed E-state index contributed by atoms with van der Waals surface area (Å²) in [7, 11) is -4.24. The van der Waals surface area contributed by atoms with Gasteiger partial charge in [0.2, 0.25) is 0 Å². The standard InChI is InChI=1S/C18H19ClN2O6S/c1-12(2)27-18(22)11-20(17-10-14(21(23)24)6-9-16(17)19)28(25,26)15-7-4-13(3)5-8-15/h4-10,12H,11H2,1-3H3. The van der Waals surface area contributed by atoms with Crippen molar-refractivity contribution in [3.8, 4) is 0 Å². The van der Waals surface area contributed by atoms with E-state index in [-0.39, 0.29) is 21.3 Å². The lowest BCUT2D eigenvalue weighted by Gasteiger charge is -2.25. The fraction of sp³-hybridized carbons (Fsp3) is 0.278. The van der Waals surface area contributed by atoms with Crippen LogP contribution < -0.4 is 4.31 Å². The Labute approximate surface area is 167 Å². The Hall–Kier alpha value is -2.65. The molecule has 0 saturated carbocycles. The van der Waals surface area contributed by atoms with Crippen molar-refractivity contribution in [3.63, 3.8) is 0 Å². The molecule has 0 spiro atoms. The molecule has 10 heteroatoms. The first-order chi connectivity index (χ1) is 13.0. The number of rotatable bonds is 7. The highest BCUT2D eigenvalue weighted by Crippen LogP contribution is 2.33. The molecule has 0 aliphatic carbocycles. The fourth-order valence-corrected chi connectivity index (χ4v) is 4.05. The minimum atomic E-state index is -4.24. The number of nitro groups is 1. The number of carbonyl (C=O) groups is 1. The lowest BCUT2D eigenvalue weighted by molar-refractivity contribution is -0.384. The van der Waals surface area contributed by atoms with Crippen LogP contribution in [0.5, 0.6) is 0 Å². The Kier molecular flexibility index (Phi) is 6.63. The van der Waals surface area contributed by atoms with E-state index in [9.17, 15) is 23.3 Å². The quantitative estimate of drug-likeness (QED) is 0.379. The van der Waals surface area contributed by atoms with E-state index in [1.807, 2.05) is 0 Å². The first kappa shape index (κ1) is 21.6. The number of halogens is 1. The van der Waals surface area contributed by atoms with Gasteiger partial charge >= 0.3 is 5.97 Å². The summed E-state index contributed by atoms with van der Waals surface area (Å²) in [6, 6.07) is 9.35. The molecule has 0 amide bonds. The van der Waals surface area contributed by atoms with E-state index in [1.54, 1.807) is 32.9 Å². The van der Waals surface area contributed by atoms with E-state index in [0.29, 0.717) is 0 Å². The smallest absolute Gasteiger partial charge is 0.327 e. The number of anilines is 1. The zero-order valence-corrected chi connectivity index (χ0v) is 17.0. The third-order valence-electron chi connectivity index (χ3n) is 3.66. The van der Waals surface area contributed by atoms with Crippen LogP contribution in [0.25, 0.3) is 0 Å². The number of ether oxygens (including phenoxy) is 1. The molecule has 0 bridgehead atoms. The summed E-state index contributed by atoms with van der Waals surface area (Å²) >= 11 is 6.12. The third kappa shape index (κ3) is 4.99. The Bertz CT molecular complexity index is 990. The molecule has 0 fully saturated rings. The van der Waals surface area contributed by atoms with Crippen LogP contribution in [0.4, 0.5) is 11.4 Å². The van der Waals surface area contributed by atoms with Gasteiger partial charge in [-0.2, -0.15) is 0 Å². The molecular weight excluding hydrogens is 408 g/mol. The zero-order valence-electron chi connectivity index (χ0n) is 15.5. The fourth-order valence-electron chi connectivity index (χ4n) is 2.36. The summed E-state index contributed by atoms with van der Waals surface area (Å²) < 4.78 is 32.1. The van der Waals surface area contributed by atoms with Gasteiger partial charge in [-0.05, 0) is 39.0 Å². The summed E-state index contributed by atoms with van der Waals surface area (Å²) in [6.07, 6.45) is -0.461. The Morgan fingerprint density at radius 2 is 1.82 bits per heavy atom. The Balaban J connectivity index is 2.60. The number of nitrogens with zero attached hydrogens (tertiary/aromatic N) is 2. The highest BCUT2D eigenvalue weighted by atomic mass is 35.5. The maximum Gasteiger partial charge on any atom is 0.327 e. The number of carbonyl (C=O) groups excluding carboxylic acids is 1.